The Balaban J connectivity index is 1.84. The Morgan fingerprint density at radius 2 is 2.25 bits per heavy atom. The van der Waals surface area contributed by atoms with E-state index in [0.29, 0.717) is 0 Å². The van der Waals surface area contributed by atoms with Gasteiger partial charge < -0.3 is 10.6 Å². The second kappa shape index (κ2) is 3.57. The summed E-state index contributed by atoms with van der Waals surface area (Å²) in [4.78, 5) is 19.2. The molecule has 0 aliphatic carbocycles. The van der Waals surface area contributed by atoms with Crippen LogP contribution < -0.4 is 10.6 Å². The van der Waals surface area contributed by atoms with E-state index >= 15 is 0 Å². The van der Waals surface area contributed by atoms with Gasteiger partial charge in [-0.15, -0.1) is 0 Å². The van der Waals surface area contributed by atoms with E-state index < -0.39 is 6.29 Å². The Morgan fingerprint density at radius 3 is 3.00 bits per heavy atom. The Hall–Kier alpha value is -1.95. The van der Waals surface area contributed by atoms with Crippen molar-refractivity contribution in [1.82, 2.24) is 10.3 Å². The number of fused-ring (bicyclic) bond motifs is 1. The molecule has 1 atom stereocenters. The number of aromatic nitrogens is 1. The largest absolute Gasteiger partial charge is 0.323 e. The molecule has 6 heteroatoms. The fourth-order valence-electron chi connectivity index (χ4n) is 1.48. The number of carbonyl (C=O) groups excluding carboxylic acids is 1. The lowest BCUT2D eigenvalue weighted by Crippen LogP contribution is -2.33. The number of amides is 1. The molecule has 1 unspecified atom stereocenters. The summed E-state index contributed by atoms with van der Waals surface area (Å²) in [6, 6.07) is 7.88. The van der Waals surface area contributed by atoms with Crippen molar-refractivity contribution in [2.75, 3.05) is 5.32 Å². The second-order valence-electron chi connectivity index (χ2n) is 3.32. The molecule has 0 saturated heterocycles. The molecule has 3 rings (SSSR count). The van der Waals surface area contributed by atoms with Gasteiger partial charge in [-0.05, 0) is 12.1 Å². The molecule has 2 aromatic rings. The minimum atomic E-state index is -0.395. The van der Waals surface area contributed by atoms with E-state index in [2.05, 4.69) is 20.6 Å². The number of benzene rings is 1. The highest BCUT2D eigenvalue weighted by atomic mass is 32.1. The molecule has 0 bridgehead atoms. The van der Waals surface area contributed by atoms with Gasteiger partial charge in [0.2, 0.25) is 0 Å². The van der Waals surface area contributed by atoms with Crippen molar-refractivity contribution in [3.05, 3.63) is 24.3 Å². The van der Waals surface area contributed by atoms with Gasteiger partial charge in [0.1, 0.15) is 0 Å². The summed E-state index contributed by atoms with van der Waals surface area (Å²) in [6.07, 6.45) is 0.874. The zero-order valence-corrected chi connectivity index (χ0v) is 8.99. The van der Waals surface area contributed by atoms with Gasteiger partial charge in [0.15, 0.2) is 11.4 Å². The van der Waals surface area contributed by atoms with Crippen molar-refractivity contribution < 1.29 is 4.79 Å². The number of thiazole rings is 1. The molecule has 1 aliphatic heterocycles. The number of aliphatic imine (C=N–C) groups is 1. The van der Waals surface area contributed by atoms with Crippen LogP contribution in [0.3, 0.4) is 0 Å². The topological polar surface area (TPSA) is 66.4 Å². The molecule has 1 amide bonds. The van der Waals surface area contributed by atoms with Crippen LogP contribution >= 0.6 is 11.3 Å². The number of carbonyl (C=O) groups is 1. The first-order valence-electron chi connectivity index (χ1n) is 4.77. The van der Waals surface area contributed by atoms with Crippen LogP contribution in [-0.2, 0) is 4.79 Å². The molecule has 2 heterocycles. The molecule has 0 saturated carbocycles. The van der Waals surface area contributed by atoms with E-state index in [0.717, 1.165) is 15.3 Å². The maximum absolute atomic E-state index is 10.9. The van der Waals surface area contributed by atoms with Gasteiger partial charge in [0.25, 0.3) is 5.91 Å². The minimum absolute atomic E-state index is 0.182. The van der Waals surface area contributed by atoms with Crippen LogP contribution in [0.25, 0.3) is 10.2 Å². The maximum atomic E-state index is 10.9. The van der Waals surface area contributed by atoms with Crippen LogP contribution in [0, 0.1) is 0 Å². The third-order valence-corrected chi connectivity index (χ3v) is 3.14. The van der Waals surface area contributed by atoms with Crippen LogP contribution in [0.4, 0.5) is 5.13 Å². The number of hydrogen-bond donors (Lipinski definition) is 2. The molecule has 5 nitrogen and oxygen atoms in total. The molecule has 1 aromatic heterocycles. The number of anilines is 1. The van der Waals surface area contributed by atoms with Gasteiger partial charge >= 0.3 is 0 Å². The van der Waals surface area contributed by atoms with E-state index in [1.807, 2.05) is 24.3 Å². The SMILES string of the molecule is O=C1C=NC(Nc2nc3ccccc3s2)N1. The molecule has 1 aromatic carbocycles. The fourth-order valence-corrected chi connectivity index (χ4v) is 2.36. The standard InChI is InChI=1S/C10H8N4OS/c15-8-5-11-9(13-8)14-10-12-6-3-1-2-4-7(6)16-10/h1-5,9H,(H,12,14)(H,13,15). The summed E-state index contributed by atoms with van der Waals surface area (Å²) in [6.45, 7) is 0. The third kappa shape index (κ3) is 1.63. The van der Waals surface area contributed by atoms with E-state index in [-0.39, 0.29) is 5.91 Å². The molecular formula is C10H8N4OS. The number of nitrogens with one attached hydrogen (secondary N) is 2. The Kier molecular flexibility index (Phi) is 2.07. The average molecular weight is 232 g/mol. The van der Waals surface area contributed by atoms with Crippen LogP contribution in [0.15, 0.2) is 29.3 Å². The molecule has 0 fully saturated rings. The zero-order chi connectivity index (χ0) is 11.0. The molecule has 80 valence electrons. The Morgan fingerprint density at radius 1 is 1.38 bits per heavy atom. The number of hydrogen-bond acceptors (Lipinski definition) is 5. The molecule has 16 heavy (non-hydrogen) atoms. The summed E-state index contributed by atoms with van der Waals surface area (Å²) >= 11 is 1.54. The number of nitrogens with zero attached hydrogens (tertiary/aromatic N) is 2. The van der Waals surface area contributed by atoms with E-state index in [9.17, 15) is 4.79 Å². The smallest absolute Gasteiger partial charge is 0.265 e. The quantitative estimate of drug-likeness (QED) is 0.817. The summed E-state index contributed by atoms with van der Waals surface area (Å²) < 4.78 is 1.11. The Labute approximate surface area is 95.2 Å². The second-order valence-corrected chi connectivity index (χ2v) is 4.35. The summed E-state index contributed by atoms with van der Waals surface area (Å²) in [5.74, 6) is -0.182. The Bertz CT molecular complexity index is 544. The lowest BCUT2D eigenvalue weighted by atomic mass is 10.3. The van der Waals surface area contributed by atoms with Gasteiger partial charge in [-0.1, -0.05) is 23.5 Å². The first-order chi connectivity index (χ1) is 7.81. The zero-order valence-electron chi connectivity index (χ0n) is 8.18. The highest BCUT2D eigenvalue weighted by Crippen LogP contribution is 2.25. The van der Waals surface area contributed by atoms with Crippen molar-refractivity contribution >= 4 is 38.8 Å². The minimum Gasteiger partial charge on any atom is -0.323 e. The van der Waals surface area contributed by atoms with Gasteiger partial charge in [0, 0.05) is 0 Å². The van der Waals surface area contributed by atoms with Crippen LogP contribution in [-0.4, -0.2) is 23.4 Å². The average Bonchev–Trinajstić information content (AvgIpc) is 2.84. The number of rotatable bonds is 2. The maximum Gasteiger partial charge on any atom is 0.265 e. The molecule has 0 radical (unpaired) electrons. The van der Waals surface area contributed by atoms with E-state index in [4.69, 9.17) is 0 Å². The highest BCUT2D eigenvalue weighted by Gasteiger charge is 2.16. The van der Waals surface area contributed by atoms with Gasteiger partial charge in [-0.2, -0.15) is 0 Å². The first-order valence-corrected chi connectivity index (χ1v) is 5.59. The van der Waals surface area contributed by atoms with Crippen LogP contribution in [0.5, 0.6) is 0 Å². The fraction of sp³-hybridized carbons (Fsp3) is 0.100. The van der Waals surface area contributed by atoms with E-state index in [1.54, 1.807) is 0 Å². The predicted octanol–water partition coefficient (Wildman–Crippen LogP) is 1.19. The van der Waals surface area contributed by atoms with Crippen molar-refractivity contribution in [2.24, 2.45) is 4.99 Å². The van der Waals surface area contributed by atoms with Crippen molar-refractivity contribution in [1.29, 1.82) is 0 Å². The lowest BCUT2D eigenvalue weighted by molar-refractivity contribution is -0.114. The summed E-state index contributed by atoms with van der Waals surface area (Å²) in [5, 5.41) is 6.43. The first kappa shape index (κ1) is 9.29. The highest BCUT2D eigenvalue weighted by molar-refractivity contribution is 7.22. The third-order valence-electron chi connectivity index (χ3n) is 2.17. The van der Waals surface area contributed by atoms with Gasteiger partial charge in [-0.25, -0.2) is 9.98 Å². The van der Waals surface area contributed by atoms with Gasteiger partial charge in [0.05, 0.1) is 16.4 Å². The molecule has 2 N–H and O–H groups in total. The predicted molar refractivity (Wildman–Crippen MR) is 63.7 cm³/mol. The normalized spacial score (nSPS) is 19.0. The van der Waals surface area contributed by atoms with Crippen molar-refractivity contribution in [3.63, 3.8) is 0 Å². The van der Waals surface area contributed by atoms with E-state index in [1.165, 1.54) is 17.6 Å². The molecule has 1 aliphatic rings. The molecule has 0 spiro atoms. The molecular weight excluding hydrogens is 224 g/mol. The van der Waals surface area contributed by atoms with Gasteiger partial charge in [-0.3, -0.25) is 4.79 Å². The monoisotopic (exact) mass is 232 g/mol. The number of para-hydroxylation sites is 1. The van der Waals surface area contributed by atoms with Crippen molar-refractivity contribution in [2.45, 2.75) is 6.29 Å². The van der Waals surface area contributed by atoms with Crippen LogP contribution in [0.2, 0.25) is 0 Å². The lowest BCUT2D eigenvalue weighted by Gasteiger charge is -2.07. The van der Waals surface area contributed by atoms with Crippen molar-refractivity contribution in [3.8, 4) is 0 Å². The summed E-state index contributed by atoms with van der Waals surface area (Å²) in [7, 11) is 0. The van der Waals surface area contributed by atoms with Crippen LogP contribution in [0.1, 0.15) is 0 Å². The summed E-state index contributed by atoms with van der Waals surface area (Å²) in [5.41, 5.74) is 0.948.